The van der Waals surface area contributed by atoms with Crippen LogP contribution in [0, 0.1) is 0 Å². The summed E-state index contributed by atoms with van der Waals surface area (Å²) in [7, 11) is 1.82. The van der Waals surface area contributed by atoms with Gasteiger partial charge in [-0.15, -0.1) is 0 Å². The van der Waals surface area contributed by atoms with Crippen LogP contribution in [0.5, 0.6) is 0 Å². The third-order valence-electron chi connectivity index (χ3n) is 2.88. The topological polar surface area (TPSA) is 58.4 Å². The number of para-hydroxylation sites is 3. The van der Waals surface area contributed by atoms with E-state index in [4.69, 9.17) is 17.3 Å². The molecule has 0 spiro atoms. The van der Waals surface area contributed by atoms with Crippen LogP contribution in [0.3, 0.4) is 0 Å². The first-order valence-electron chi connectivity index (χ1n) is 6.18. The van der Waals surface area contributed by atoms with Crippen LogP contribution in [0.15, 0.2) is 48.5 Å². The Labute approximate surface area is 123 Å². The van der Waals surface area contributed by atoms with Crippen molar-refractivity contribution in [2.24, 2.45) is 0 Å². The number of amides is 1. The Morgan fingerprint density at radius 1 is 1.20 bits per heavy atom. The molecular formula is C15H16ClN3O. The van der Waals surface area contributed by atoms with E-state index in [1.54, 1.807) is 23.1 Å². The van der Waals surface area contributed by atoms with E-state index in [0.717, 1.165) is 5.69 Å². The SMILES string of the molecule is CN(CC(=O)Nc1ccccc1Cl)c1ccccc1N. The molecule has 20 heavy (non-hydrogen) atoms. The molecule has 2 aromatic rings. The largest absolute Gasteiger partial charge is 0.397 e. The van der Waals surface area contributed by atoms with Crippen LogP contribution in [0.4, 0.5) is 17.1 Å². The molecule has 3 N–H and O–H groups in total. The van der Waals surface area contributed by atoms with Gasteiger partial charge in [0.25, 0.3) is 0 Å². The number of carbonyl (C=O) groups excluding carboxylic acids is 1. The minimum Gasteiger partial charge on any atom is -0.397 e. The molecule has 2 rings (SSSR count). The molecule has 0 aliphatic rings. The van der Waals surface area contributed by atoms with Gasteiger partial charge in [-0.3, -0.25) is 4.79 Å². The van der Waals surface area contributed by atoms with Gasteiger partial charge in [0.05, 0.1) is 28.6 Å². The highest BCUT2D eigenvalue weighted by Gasteiger charge is 2.10. The zero-order valence-corrected chi connectivity index (χ0v) is 11.9. The minimum absolute atomic E-state index is 0.149. The van der Waals surface area contributed by atoms with Crippen LogP contribution in [0.25, 0.3) is 0 Å². The van der Waals surface area contributed by atoms with Crippen LogP contribution >= 0.6 is 11.6 Å². The van der Waals surface area contributed by atoms with Crippen LogP contribution in [-0.2, 0) is 4.79 Å². The van der Waals surface area contributed by atoms with Crippen LogP contribution in [-0.4, -0.2) is 19.5 Å². The molecule has 0 aromatic heterocycles. The molecule has 0 bridgehead atoms. The Hall–Kier alpha value is -2.20. The zero-order valence-electron chi connectivity index (χ0n) is 11.1. The maximum Gasteiger partial charge on any atom is 0.243 e. The number of halogens is 1. The summed E-state index contributed by atoms with van der Waals surface area (Å²) < 4.78 is 0. The number of likely N-dealkylation sites (N-methyl/N-ethyl adjacent to an activating group) is 1. The lowest BCUT2D eigenvalue weighted by molar-refractivity contribution is -0.114. The number of hydrogen-bond acceptors (Lipinski definition) is 3. The molecule has 104 valence electrons. The van der Waals surface area contributed by atoms with Gasteiger partial charge < -0.3 is 16.0 Å². The fraction of sp³-hybridized carbons (Fsp3) is 0.133. The molecule has 0 saturated carbocycles. The van der Waals surface area contributed by atoms with E-state index in [2.05, 4.69) is 5.32 Å². The minimum atomic E-state index is -0.149. The number of benzene rings is 2. The van der Waals surface area contributed by atoms with E-state index < -0.39 is 0 Å². The van der Waals surface area contributed by atoms with Gasteiger partial charge in [0, 0.05) is 7.05 Å². The summed E-state index contributed by atoms with van der Waals surface area (Å²) in [6.45, 7) is 0.194. The third kappa shape index (κ3) is 3.42. The summed E-state index contributed by atoms with van der Waals surface area (Å²) in [6, 6.07) is 14.5. The Bertz CT molecular complexity index is 616. The molecule has 0 aliphatic carbocycles. The molecule has 0 fully saturated rings. The summed E-state index contributed by atoms with van der Waals surface area (Å²) in [4.78, 5) is 13.8. The highest BCUT2D eigenvalue weighted by Crippen LogP contribution is 2.22. The zero-order chi connectivity index (χ0) is 14.5. The van der Waals surface area contributed by atoms with Crippen molar-refractivity contribution in [3.8, 4) is 0 Å². The van der Waals surface area contributed by atoms with Crippen molar-refractivity contribution in [3.63, 3.8) is 0 Å². The van der Waals surface area contributed by atoms with E-state index >= 15 is 0 Å². The molecule has 0 radical (unpaired) electrons. The number of rotatable bonds is 4. The molecule has 1 amide bonds. The predicted octanol–water partition coefficient (Wildman–Crippen LogP) is 3.00. The second kappa shape index (κ2) is 6.30. The van der Waals surface area contributed by atoms with Crippen molar-refractivity contribution in [1.82, 2.24) is 0 Å². The summed E-state index contributed by atoms with van der Waals surface area (Å²) in [5, 5.41) is 3.29. The number of nitrogens with zero attached hydrogens (tertiary/aromatic N) is 1. The number of nitrogen functional groups attached to an aromatic ring is 1. The van der Waals surface area contributed by atoms with Gasteiger partial charge in [0.1, 0.15) is 0 Å². The van der Waals surface area contributed by atoms with Crippen LogP contribution in [0.2, 0.25) is 5.02 Å². The molecular weight excluding hydrogens is 274 g/mol. The summed E-state index contributed by atoms with van der Waals surface area (Å²) in [5.41, 5.74) is 7.95. The highest BCUT2D eigenvalue weighted by atomic mass is 35.5. The van der Waals surface area contributed by atoms with Gasteiger partial charge >= 0.3 is 0 Å². The van der Waals surface area contributed by atoms with Gasteiger partial charge in [-0.2, -0.15) is 0 Å². The first kappa shape index (κ1) is 14.2. The van der Waals surface area contributed by atoms with E-state index in [0.29, 0.717) is 16.4 Å². The second-order valence-corrected chi connectivity index (χ2v) is 4.85. The van der Waals surface area contributed by atoms with E-state index in [-0.39, 0.29) is 12.5 Å². The van der Waals surface area contributed by atoms with Crippen molar-refractivity contribution < 1.29 is 4.79 Å². The quantitative estimate of drug-likeness (QED) is 0.851. The number of carbonyl (C=O) groups is 1. The van der Waals surface area contributed by atoms with Crippen molar-refractivity contribution in [2.45, 2.75) is 0 Å². The van der Waals surface area contributed by atoms with Gasteiger partial charge in [-0.25, -0.2) is 0 Å². The van der Waals surface area contributed by atoms with Gasteiger partial charge in [0.15, 0.2) is 0 Å². The standard InChI is InChI=1S/C15H16ClN3O/c1-19(14-9-5-3-7-12(14)17)10-15(20)18-13-8-4-2-6-11(13)16/h2-9H,10,17H2,1H3,(H,18,20). The first-order chi connectivity index (χ1) is 9.58. The summed E-state index contributed by atoms with van der Waals surface area (Å²) >= 11 is 6.00. The molecule has 0 unspecified atom stereocenters. The number of hydrogen-bond donors (Lipinski definition) is 2. The fourth-order valence-electron chi connectivity index (χ4n) is 1.89. The number of nitrogens with two attached hydrogens (primary N) is 1. The Morgan fingerprint density at radius 2 is 1.85 bits per heavy atom. The van der Waals surface area contributed by atoms with Crippen LogP contribution in [0.1, 0.15) is 0 Å². The molecule has 0 atom stereocenters. The van der Waals surface area contributed by atoms with Gasteiger partial charge in [-0.1, -0.05) is 35.9 Å². The third-order valence-corrected chi connectivity index (χ3v) is 3.21. The molecule has 0 saturated heterocycles. The smallest absolute Gasteiger partial charge is 0.243 e. The normalized spacial score (nSPS) is 10.1. The molecule has 2 aromatic carbocycles. The average Bonchev–Trinajstić information content (AvgIpc) is 2.41. The maximum atomic E-state index is 12.0. The molecule has 4 nitrogen and oxygen atoms in total. The predicted molar refractivity (Wildman–Crippen MR) is 84.2 cm³/mol. The molecule has 0 aliphatic heterocycles. The van der Waals surface area contributed by atoms with Gasteiger partial charge in [0.2, 0.25) is 5.91 Å². The average molecular weight is 290 g/mol. The summed E-state index contributed by atoms with van der Waals surface area (Å²) in [6.07, 6.45) is 0. The maximum absolute atomic E-state index is 12.0. The highest BCUT2D eigenvalue weighted by molar-refractivity contribution is 6.33. The lowest BCUT2D eigenvalue weighted by atomic mass is 10.2. The van der Waals surface area contributed by atoms with E-state index in [9.17, 15) is 4.79 Å². The Balaban J connectivity index is 2.02. The Morgan fingerprint density at radius 3 is 2.55 bits per heavy atom. The van der Waals surface area contributed by atoms with Crippen molar-refractivity contribution in [3.05, 3.63) is 53.6 Å². The second-order valence-electron chi connectivity index (χ2n) is 4.44. The first-order valence-corrected chi connectivity index (χ1v) is 6.56. The number of nitrogens with one attached hydrogen (secondary N) is 1. The lowest BCUT2D eigenvalue weighted by Gasteiger charge is -2.20. The lowest BCUT2D eigenvalue weighted by Crippen LogP contribution is -2.30. The Kier molecular flexibility index (Phi) is 4.48. The number of anilines is 3. The fourth-order valence-corrected chi connectivity index (χ4v) is 2.07. The monoisotopic (exact) mass is 289 g/mol. The van der Waals surface area contributed by atoms with E-state index in [1.807, 2.05) is 37.4 Å². The van der Waals surface area contributed by atoms with Crippen LogP contribution < -0.4 is 16.0 Å². The van der Waals surface area contributed by atoms with Crippen molar-refractivity contribution in [1.29, 1.82) is 0 Å². The van der Waals surface area contributed by atoms with Crippen molar-refractivity contribution in [2.75, 3.05) is 29.5 Å². The van der Waals surface area contributed by atoms with Crippen molar-refractivity contribution >= 4 is 34.6 Å². The molecule has 5 heteroatoms. The summed E-state index contributed by atoms with van der Waals surface area (Å²) in [5.74, 6) is -0.149. The molecule has 0 heterocycles. The van der Waals surface area contributed by atoms with E-state index in [1.165, 1.54) is 0 Å². The van der Waals surface area contributed by atoms with Gasteiger partial charge in [-0.05, 0) is 24.3 Å².